The molecule has 0 spiro atoms. The summed E-state index contributed by atoms with van der Waals surface area (Å²) < 4.78 is 17.5. The number of aromatic nitrogens is 2. The first-order valence-corrected chi connectivity index (χ1v) is 12.2. The molecule has 0 bridgehead atoms. The molecule has 3 heterocycles. The van der Waals surface area contributed by atoms with Gasteiger partial charge in [0.25, 0.3) is 5.91 Å². The number of hydrogen-bond donors (Lipinski definition) is 0. The molecule has 0 aliphatic carbocycles. The Morgan fingerprint density at radius 1 is 1.14 bits per heavy atom. The van der Waals surface area contributed by atoms with Crippen LogP contribution in [-0.2, 0) is 0 Å². The van der Waals surface area contributed by atoms with Gasteiger partial charge in [-0.2, -0.15) is 0 Å². The van der Waals surface area contributed by atoms with Crippen LogP contribution in [0, 0.1) is 12.8 Å². The van der Waals surface area contributed by atoms with Crippen molar-refractivity contribution in [2.45, 2.75) is 33.2 Å². The number of aryl methyl sites for hydroxylation is 1. The van der Waals surface area contributed by atoms with Crippen molar-refractivity contribution in [1.29, 1.82) is 0 Å². The lowest BCUT2D eigenvalue weighted by atomic mass is 9.98. The normalized spacial score (nSPS) is 15.2. The number of benzene rings is 2. The minimum atomic E-state index is -0.745. The zero-order valence-corrected chi connectivity index (χ0v) is 20.7. The summed E-state index contributed by atoms with van der Waals surface area (Å²) in [5.41, 5.74) is 3.56. The SMILES string of the molecule is COc1cc(C2c3c(oc4ccc(C)cc4c3=O)C(=O)N2c2nncs2)ccc1OCCC(C)C. The molecule has 2 aromatic heterocycles. The topological polar surface area (TPSA) is 94.8 Å². The molecule has 1 aliphatic heterocycles. The van der Waals surface area contributed by atoms with Crippen molar-refractivity contribution >= 4 is 33.3 Å². The van der Waals surface area contributed by atoms with E-state index in [1.54, 1.807) is 30.8 Å². The van der Waals surface area contributed by atoms with E-state index in [-0.39, 0.29) is 16.8 Å². The Morgan fingerprint density at radius 2 is 1.97 bits per heavy atom. The van der Waals surface area contributed by atoms with Gasteiger partial charge in [0.05, 0.1) is 30.7 Å². The lowest BCUT2D eigenvalue weighted by Crippen LogP contribution is -2.29. The molecule has 1 amide bonds. The van der Waals surface area contributed by atoms with Gasteiger partial charge in [-0.15, -0.1) is 10.2 Å². The van der Waals surface area contributed by atoms with Crippen LogP contribution in [0.4, 0.5) is 5.13 Å². The summed E-state index contributed by atoms with van der Waals surface area (Å²) in [6, 6.07) is 10.0. The van der Waals surface area contributed by atoms with Crippen LogP contribution in [0.1, 0.15) is 53.6 Å². The molecule has 8 nitrogen and oxygen atoms in total. The molecule has 0 N–H and O–H groups in total. The lowest BCUT2D eigenvalue weighted by molar-refractivity contribution is 0.0970. The first-order valence-electron chi connectivity index (χ1n) is 11.4. The molecule has 0 radical (unpaired) electrons. The number of anilines is 1. The number of amides is 1. The number of nitrogens with zero attached hydrogens (tertiary/aromatic N) is 3. The summed E-state index contributed by atoms with van der Waals surface area (Å²) in [5.74, 6) is 1.22. The molecule has 180 valence electrons. The lowest BCUT2D eigenvalue weighted by Gasteiger charge is -2.23. The van der Waals surface area contributed by atoms with E-state index in [1.165, 1.54) is 16.2 Å². The third kappa shape index (κ3) is 4.05. The summed E-state index contributed by atoms with van der Waals surface area (Å²) in [6.07, 6.45) is 0.910. The number of ether oxygens (including phenoxy) is 2. The standard InChI is InChI=1S/C26H25N3O5S/c1-14(2)9-10-33-19-8-6-16(12-20(19)32-4)22-21-23(30)17-11-15(3)5-7-18(17)34-24(21)25(31)29(22)26-28-27-13-35-26/h5-8,11-14,22H,9-10H2,1-4H3. The van der Waals surface area contributed by atoms with Crippen LogP contribution >= 0.6 is 11.3 Å². The minimum absolute atomic E-state index is 0.0165. The van der Waals surface area contributed by atoms with E-state index in [0.717, 1.165) is 12.0 Å². The smallest absolute Gasteiger partial charge is 0.297 e. The number of fused-ring (bicyclic) bond motifs is 2. The number of rotatable bonds is 7. The average molecular weight is 492 g/mol. The second-order valence-corrected chi connectivity index (χ2v) is 9.73. The molecule has 1 unspecified atom stereocenters. The molecule has 4 aromatic rings. The molecule has 0 fully saturated rings. The summed E-state index contributed by atoms with van der Waals surface area (Å²) >= 11 is 1.22. The van der Waals surface area contributed by atoms with Crippen molar-refractivity contribution in [1.82, 2.24) is 10.2 Å². The Bertz CT molecular complexity index is 1460. The molecule has 9 heteroatoms. The van der Waals surface area contributed by atoms with Gasteiger partial charge in [0.2, 0.25) is 10.9 Å². The highest BCUT2D eigenvalue weighted by Crippen LogP contribution is 2.43. The highest BCUT2D eigenvalue weighted by Gasteiger charge is 2.45. The number of methoxy groups -OCH3 is 1. The number of hydrogen-bond acceptors (Lipinski definition) is 8. The Labute approximate surface area is 206 Å². The van der Waals surface area contributed by atoms with E-state index in [4.69, 9.17) is 13.9 Å². The summed E-state index contributed by atoms with van der Waals surface area (Å²) in [7, 11) is 1.56. The zero-order chi connectivity index (χ0) is 24.7. The van der Waals surface area contributed by atoms with Crippen molar-refractivity contribution in [3.8, 4) is 11.5 Å². The van der Waals surface area contributed by atoms with Gasteiger partial charge < -0.3 is 13.9 Å². The van der Waals surface area contributed by atoms with E-state index < -0.39 is 11.9 Å². The zero-order valence-electron chi connectivity index (χ0n) is 19.9. The van der Waals surface area contributed by atoms with E-state index in [1.807, 2.05) is 25.1 Å². The predicted molar refractivity (Wildman–Crippen MR) is 134 cm³/mol. The average Bonchev–Trinajstić information content (AvgIpc) is 3.46. The van der Waals surface area contributed by atoms with Gasteiger partial charge in [-0.1, -0.05) is 42.9 Å². The molecule has 5 rings (SSSR count). The van der Waals surface area contributed by atoms with Gasteiger partial charge in [0.1, 0.15) is 11.1 Å². The van der Waals surface area contributed by atoms with Crippen LogP contribution < -0.4 is 19.8 Å². The maximum Gasteiger partial charge on any atom is 0.297 e. The van der Waals surface area contributed by atoms with Gasteiger partial charge in [-0.05, 0) is 49.1 Å². The molecule has 0 saturated carbocycles. The monoisotopic (exact) mass is 491 g/mol. The van der Waals surface area contributed by atoms with Gasteiger partial charge >= 0.3 is 0 Å². The van der Waals surface area contributed by atoms with E-state index in [2.05, 4.69) is 24.0 Å². The Morgan fingerprint density at radius 3 is 2.69 bits per heavy atom. The van der Waals surface area contributed by atoms with Crippen LogP contribution in [0.2, 0.25) is 0 Å². The number of carbonyl (C=O) groups is 1. The van der Waals surface area contributed by atoms with Crippen molar-refractivity contribution in [3.63, 3.8) is 0 Å². The van der Waals surface area contributed by atoms with E-state index in [9.17, 15) is 9.59 Å². The van der Waals surface area contributed by atoms with Crippen LogP contribution in [0.25, 0.3) is 11.0 Å². The fourth-order valence-corrected chi connectivity index (χ4v) is 4.83. The summed E-state index contributed by atoms with van der Waals surface area (Å²) in [5, 5.41) is 8.82. The maximum absolute atomic E-state index is 13.7. The maximum atomic E-state index is 13.7. The summed E-state index contributed by atoms with van der Waals surface area (Å²) in [4.78, 5) is 28.7. The van der Waals surface area contributed by atoms with Crippen LogP contribution in [0.5, 0.6) is 11.5 Å². The van der Waals surface area contributed by atoms with Gasteiger partial charge in [0.15, 0.2) is 16.9 Å². The largest absolute Gasteiger partial charge is 0.493 e. The second-order valence-electron chi connectivity index (χ2n) is 8.91. The molecule has 0 saturated heterocycles. The first-order chi connectivity index (χ1) is 16.9. The fraction of sp³-hybridized carbons (Fsp3) is 0.308. The molecule has 35 heavy (non-hydrogen) atoms. The second kappa shape index (κ2) is 9.14. The Balaban J connectivity index is 1.67. The quantitative estimate of drug-likeness (QED) is 0.353. The van der Waals surface area contributed by atoms with Crippen molar-refractivity contribution in [2.24, 2.45) is 5.92 Å². The highest BCUT2D eigenvalue weighted by molar-refractivity contribution is 7.13. The van der Waals surface area contributed by atoms with Gasteiger partial charge in [-0.3, -0.25) is 14.5 Å². The third-order valence-electron chi connectivity index (χ3n) is 6.04. The molecule has 1 atom stereocenters. The van der Waals surface area contributed by atoms with Gasteiger partial charge in [0, 0.05) is 0 Å². The van der Waals surface area contributed by atoms with Crippen molar-refractivity contribution in [2.75, 3.05) is 18.6 Å². The predicted octanol–water partition coefficient (Wildman–Crippen LogP) is 5.14. The van der Waals surface area contributed by atoms with Crippen LogP contribution in [0.3, 0.4) is 0 Å². The van der Waals surface area contributed by atoms with Crippen molar-refractivity contribution in [3.05, 3.63) is 74.6 Å². The molecular weight excluding hydrogens is 466 g/mol. The summed E-state index contributed by atoms with van der Waals surface area (Å²) in [6.45, 7) is 6.74. The van der Waals surface area contributed by atoms with E-state index in [0.29, 0.717) is 45.7 Å². The number of carbonyl (C=O) groups excluding carboxylic acids is 1. The van der Waals surface area contributed by atoms with E-state index >= 15 is 0 Å². The highest BCUT2D eigenvalue weighted by atomic mass is 32.1. The first kappa shape index (κ1) is 23.0. The molecule has 2 aromatic carbocycles. The Kier molecular flexibility index (Phi) is 6.02. The van der Waals surface area contributed by atoms with Crippen LogP contribution in [0.15, 0.2) is 51.1 Å². The van der Waals surface area contributed by atoms with Crippen molar-refractivity contribution < 1.29 is 18.7 Å². The fourth-order valence-electron chi connectivity index (χ4n) is 4.25. The molecule has 1 aliphatic rings. The minimum Gasteiger partial charge on any atom is -0.493 e. The third-order valence-corrected chi connectivity index (χ3v) is 6.73. The molecular formula is C26H25N3O5S. The van der Waals surface area contributed by atoms with Crippen LogP contribution in [-0.4, -0.2) is 29.8 Å². The van der Waals surface area contributed by atoms with Gasteiger partial charge in [-0.25, -0.2) is 0 Å². The Hall–Kier alpha value is -3.72.